The predicted octanol–water partition coefficient (Wildman–Crippen LogP) is 2.37. The van der Waals surface area contributed by atoms with Crippen molar-refractivity contribution < 1.29 is 4.79 Å². The SMILES string of the molecule is O=C(Nc1ccccc1)C1=CN=CCC1. The van der Waals surface area contributed by atoms with Gasteiger partial charge in [0.2, 0.25) is 0 Å². The molecule has 3 nitrogen and oxygen atoms in total. The van der Waals surface area contributed by atoms with Crippen LogP contribution in [0, 0.1) is 0 Å². The quantitative estimate of drug-likeness (QED) is 0.782. The van der Waals surface area contributed by atoms with Crippen molar-refractivity contribution in [2.45, 2.75) is 12.8 Å². The Kier molecular flexibility index (Phi) is 2.93. The third kappa shape index (κ3) is 2.53. The van der Waals surface area contributed by atoms with Crippen LogP contribution in [0.1, 0.15) is 12.8 Å². The average Bonchev–Trinajstić information content (AvgIpc) is 2.31. The topological polar surface area (TPSA) is 41.5 Å². The minimum Gasteiger partial charge on any atom is -0.322 e. The first-order valence-corrected chi connectivity index (χ1v) is 4.93. The maximum absolute atomic E-state index is 11.7. The number of hydrogen-bond donors (Lipinski definition) is 1. The molecule has 1 amide bonds. The van der Waals surface area contributed by atoms with Crippen molar-refractivity contribution in [1.82, 2.24) is 0 Å². The zero-order chi connectivity index (χ0) is 10.5. The molecular weight excluding hydrogens is 188 g/mol. The van der Waals surface area contributed by atoms with E-state index in [0.717, 1.165) is 24.1 Å². The first kappa shape index (κ1) is 9.65. The van der Waals surface area contributed by atoms with Crippen LogP contribution < -0.4 is 5.32 Å². The van der Waals surface area contributed by atoms with E-state index in [-0.39, 0.29) is 5.91 Å². The molecule has 0 fully saturated rings. The smallest absolute Gasteiger partial charge is 0.253 e. The summed E-state index contributed by atoms with van der Waals surface area (Å²) in [7, 11) is 0. The standard InChI is InChI=1S/C12H12N2O/c15-12(10-5-4-8-13-9-10)14-11-6-2-1-3-7-11/h1-3,6-9H,4-5H2,(H,14,15). The molecule has 15 heavy (non-hydrogen) atoms. The van der Waals surface area contributed by atoms with E-state index in [1.165, 1.54) is 0 Å². The number of carbonyl (C=O) groups is 1. The highest BCUT2D eigenvalue weighted by Gasteiger charge is 2.10. The highest BCUT2D eigenvalue weighted by molar-refractivity contribution is 6.04. The number of carbonyl (C=O) groups excluding carboxylic acids is 1. The fourth-order valence-corrected chi connectivity index (χ4v) is 1.41. The highest BCUT2D eigenvalue weighted by Crippen LogP contribution is 2.12. The number of benzene rings is 1. The van der Waals surface area contributed by atoms with Gasteiger partial charge in [-0.05, 0) is 25.0 Å². The van der Waals surface area contributed by atoms with Gasteiger partial charge >= 0.3 is 0 Å². The van der Waals surface area contributed by atoms with Gasteiger partial charge in [0.25, 0.3) is 5.91 Å². The van der Waals surface area contributed by atoms with Crippen molar-refractivity contribution in [2.75, 3.05) is 5.32 Å². The molecule has 0 aliphatic carbocycles. The van der Waals surface area contributed by atoms with Crippen molar-refractivity contribution in [3.8, 4) is 0 Å². The Balaban J connectivity index is 2.04. The summed E-state index contributed by atoms with van der Waals surface area (Å²) in [5.41, 5.74) is 1.55. The zero-order valence-electron chi connectivity index (χ0n) is 8.31. The Bertz CT molecular complexity index is 407. The summed E-state index contributed by atoms with van der Waals surface area (Å²) in [5.74, 6) is -0.0574. The average molecular weight is 200 g/mol. The molecule has 1 aromatic rings. The second-order valence-electron chi connectivity index (χ2n) is 3.34. The third-order valence-corrected chi connectivity index (χ3v) is 2.20. The van der Waals surface area contributed by atoms with Crippen molar-refractivity contribution in [3.05, 3.63) is 42.1 Å². The predicted molar refractivity (Wildman–Crippen MR) is 60.9 cm³/mol. The molecule has 0 aromatic heterocycles. The molecule has 1 aromatic carbocycles. The molecule has 0 atom stereocenters. The van der Waals surface area contributed by atoms with E-state index in [9.17, 15) is 4.79 Å². The van der Waals surface area contributed by atoms with E-state index >= 15 is 0 Å². The molecule has 0 saturated heterocycles. The third-order valence-electron chi connectivity index (χ3n) is 2.20. The Morgan fingerprint density at radius 3 is 2.73 bits per heavy atom. The van der Waals surface area contributed by atoms with Crippen LogP contribution in [0.25, 0.3) is 0 Å². The molecule has 1 aliphatic heterocycles. The van der Waals surface area contributed by atoms with Gasteiger partial charge in [-0.25, -0.2) is 0 Å². The van der Waals surface area contributed by atoms with Gasteiger partial charge in [-0.1, -0.05) is 18.2 Å². The summed E-state index contributed by atoms with van der Waals surface area (Å²) in [6.45, 7) is 0. The van der Waals surface area contributed by atoms with Crippen LogP contribution in [0.2, 0.25) is 0 Å². The van der Waals surface area contributed by atoms with Gasteiger partial charge in [-0.3, -0.25) is 9.79 Å². The van der Waals surface area contributed by atoms with Crippen molar-refractivity contribution in [2.24, 2.45) is 4.99 Å². The summed E-state index contributed by atoms with van der Waals surface area (Å²) in [4.78, 5) is 15.7. The highest BCUT2D eigenvalue weighted by atomic mass is 16.1. The van der Waals surface area contributed by atoms with Gasteiger partial charge in [0.1, 0.15) is 0 Å². The number of nitrogens with one attached hydrogen (secondary N) is 1. The Hall–Kier alpha value is -1.90. The molecule has 1 heterocycles. The van der Waals surface area contributed by atoms with Crippen molar-refractivity contribution in [1.29, 1.82) is 0 Å². The monoisotopic (exact) mass is 200 g/mol. The molecule has 1 N–H and O–H groups in total. The minimum absolute atomic E-state index is 0.0574. The fourth-order valence-electron chi connectivity index (χ4n) is 1.41. The molecule has 2 rings (SSSR count). The Morgan fingerprint density at radius 1 is 1.27 bits per heavy atom. The van der Waals surface area contributed by atoms with Gasteiger partial charge in [-0.15, -0.1) is 0 Å². The van der Waals surface area contributed by atoms with Crippen molar-refractivity contribution in [3.63, 3.8) is 0 Å². The molecule has 1 aliphatic rings. The lowest BCUT2D eigenvalue weighted by Gasteiger charge is -2.08. The molecule has 0 saturated carbocycles. The number of amides is 1. The zero-order valence-corrected chi connectivity index (χ0v) is 8.31. The molecule has 0 radical (unpaired) electrons. The summed E-state index contributed by atoms with van der Waals surface area (Å²) >= 11 is 0. The lowest BCUT2D eigenvalue weighted by atomic mass is 10.1. The number of nitrogens with zero attached hydrogens (tertiary/aromatic N) is 1. The van der Waals surface area contributed by atoms with E-state index in [1.54, 1.807) is 6.20 Å². The van der Waals surface area contributed by atoms with Gasteiger partial charge in [0.15, 0.2) is 0 Å². The number of aliphatic imine (C=N–C) groups is 1. The Labute approximate surface area is 88.5 Å². The van der Waals surface area contributed by atoms with Crippen molar-refractivity contribution >= 4 is 17.8 Å². The molecular formula is C12H12N2O. The van der Waals surface area contributed by atoms with Gasteiger partial charge in [0.05, 0.1) is 0 Å². The first-order valence-electron chi connectivity index (χ1n) is 4.93. The van der Waals surface area contributed by atoms with Gasteiger partial charge < -0.3 is 5.32 Å². The summed E-state index contributed by atoms with van der Waals surface area (Å²) < 4.78 is 0. The maximum atomic E-state index is 11.7. The van der Waals surface area contributed by atoms with Crippen LogP contribution in [0.15, 0.2) is 47.1 Å². The summed E-state index contributed by atoms with van der Waals surface area (Å²) in [5, 5.41) is 2.83. The number of rotatable bonds is 2. The van der Waals surface area contributed by atoms with E-state index < -0.39 is 0 Å². The van der Waals surface area contributed by atoms with Crippen LogP contribution >= 0.6 is 0 Å². The second-order valence-corrected chi connectivity index (χ2v) is 3.34. The maximum Gasteiger partial charge on any atom is 0.253 e. The van der Waals surface area contributed by atoms with Crippen LogP contribution in [0.4, 0.5) is 5.69 Å². The van der Waals surface area contributed by atoms with E-state index in [4.69, 9.17) is 0 Å². The number of para-hydroxylation sites is 1. The van der Waals surface area contributed by atoms with Crippen LogP contribution in [-0.2, 0) is 4.79 Å². The van der Waals surface area contributed by atoms with E-state index in [2.05, 4.69) is 10.3 Å². The normalized spacial score (nSPS) is 14.5. The van der Waals surface area contributed by atoms with Crippen LogP contribution in [0.5, 0.6) is 0 Å². The molecule has 0 bridgehead atoms. The first-order chi connectivity index (χ1) is 7.36. The lowest BCUT2D eigenvalue weighted by molar-refractivity contribution is -0.113. The minimum atomic E-state index is -0.0574. The molecule has 3 heteroatoms. The number of hydrogen-bond acceptors (Lipinski definition) is 2. The summed E-state index contributed by atoms with van der Waals surface area (Å²) in [6, 6.07) is 9.43. The summed E-state index contributed by atoms with van der Waals surface area (Å²) in [6.07, 6.45) is 5.05. The number of anilines is 1. The molecule has 76 valence electrons. The van der Waals surface area contributed by atoms with Crippen LogP contribution in [-0.4, -0.2) is 12.1 Å². The molecule has 0 unspecified atom stereocenters. The second kappa shape index (κ2) is 4.55. The lowest BCUT2D eigenvalue weighted by Crippen LogP contribution is -2.15. The Morgan fingerprint density at radius 2 is 2.07 bits per heavy atom. The van der Waals surface area contributed by atoms with Gasteiger partial charge in [0, 0.05) is 23.7 Å². The van der Waals surface area contributed by atoms with E-state index in [0.29, 0.717) is 0 Å². The van der Waals surface area contributed by atoms with Gasteiger partial charge in [-0.2, -0.15) is 0 Å². The largest absolute Gasteiger partial charge is 0.322 e. The molecule has 0 spiro atoms. The van der Waals surface area contributed by atoms with E-state index in [1.807, 2.05) is 36.5 Å². The van der Waals surface area contributed by atoms with Crippen LogP contribution in [0.3, 0.4) is 0 Å². The fraction of sp³-hybridized carbons (Fsp3) is 0.167.